The van der Waals surface area contributed by atoms with Crippen molar-refractivity contribution in [1.82, 2.24) is 29.8 Å². The van der Waals surface area contributed by atoms with Gasteiger partial charge in [-0.05, 0) is 69.7 Å². The molecule has 0 unspecified atom stereocenters. The number of fused-ring (bicyclic) bond motifs is 1. The Labute approximate surface area is 228 Å². The Morgan fingerprint density at radius 2 is 1.82 bits per heavy atom. The maximum atomic E-state index is 13.1. The topological polar surface area (TPSA) is 121 Å². The van der Waals surface area contributed by atoms with Gasteiger partial charge in [-0.1, -0.05) is 26.8 Å². The maximum Gasteiger partial charge on any atom is 0.255 e. The van der Waals surface area contributed by atoms with Gasteiger partial charge in [0.2, 0.25) is 5.95 Å². The van der Waals surface area contributed by atoms with Crippen LogP contribution in [0.4, 0.5) is 23.1 Å². The highest BCUT2D eigenvalue weighted by atomic mass is 16.1. The summed E-state index contributed by atoms with van der Waals surface area (Å²) in [4.78, 5) is 37.9. The Morgan fingerprint density at radius 1 is 1.03 bits per heavy atom. The third-order valence-electron chi connectivity index (χ3n) is 6.97. The van der Waals surface area contributed by atoms with Crippen molar-refractivity contribution in [2.45, 2.75) is 52.0 Å². The summed E-state index contributed by atoms with van der Waals surface area (Å²) in [5, 5.41) is 9.84. The number of aryl methyl sites for hydroxylation is 1. The quantitative estimate of drug-likeness (QED) is 0.322. The number of hydrogen-bond acceptors (Lipinski definition) is 9. The minimum Gasteiger partial charge on any atom is -0.351 e. The number of carbonyl (C=O) groups excluding carboxylic acids is 1. The molecule has 10 nitrogen and oxygen atoms in total. The van der Waals surface area contributed by atoms with E-state index in [-0.39, 0.29) is 11.3 Å². The van der Waals surface area contributed by atoms with Gasteiger partial charge < -0.3 is 20.9 Å². The fourth-order valence-corrected chi connectivity index (χ4v) is 4.50. The van der Waals surface area contributed by atoms with Gasteiger partial charge in [0.25, 0.3) is 5.91 Å². The molecule has 1 aliphatic rings. The van der Waals surface area contributed by atoms with E-state index in [1.165, 1.54) is 6.33 Å². The van der Waals surface area contributed by atoms with E-state index in [9.17, 15) is 4.79 Å². The highest BCUT2D eigenvalue weighted by Crippen LogP contribution is 2.27. The van der Waals surface area contributed by atoms with Gasteiger partial charge in [0.15, 0.2) is 5.82 Å². The molecule has 10 heteroatoms. The van der Waals surface area contributed by atoms with Gasteiger partial charge >= 0.3 is 0 Å². The number of rotatable bonds is 6. The molecule has 0 bridgehead atoms. The normalized spacial score (nSPS) is 14.8. The van der Waals surface area contributed by atoms with Crippen molar-refractivity contribution >= 4 is 40.1 Å². The van der Waals surface area contributed by atoms with Crippen LogP contribution in [0.2, 0.25) is 0 Å². The molecule has 0 aliphatic carbocycles. The molecule has 202 valence electrons. The summed E-state index contributed by atoms with van der Waals surface area (Å²) in [6, 6.07) is 9.58. The molecule has 3 aromatic heterocycles. The molecule has 39 heavy (non-hydrogen) atoms. The highest BCUT2D eigenvalue weighted by Gasteiger charge is 2.19. The van der Waals surface area contributed by atoms with Crippen LogP contribution in [0.1, 0.15) is 55.2 Å². The van der Waals surface area contributed by atoms with Gasteiger partial charge in [-0.15, -0.1) is 0 Å². The van der Waals surface area contributed by atoms with Gasteiger partial charge in [0.05, 0.1) is 6.20 Å². The van der Waals surface area contributed by atoms with Crippen molar-refractivity contribution in [3.63, 3.8) is 0 Å². The monoisotopic (exact) mass is 525 g/mol. The molecule has 0 atom stereocenters. The van der Waals surface area contributed by atoms with Crippen molar-refractivity contribution in [3.8, 4) is 0 Å². The fraction of sp³-hybridized carbons (Fsp3) is 0.379. The number of pyridine rings is 1. The summed E-state index contributed by atoms with van der Waals surface area (Å²) >= 11 is 0. The second-order valence-electron chi connectivity index (χ2n) is 11.2. The van der Waals surface area contributed by atoms with Crippen LogP contribution in [0.5, 0.6) is 0 Å². The molecule has 3 N–H and O–H groups in total. The van der Waals surface area contributed by atoms with E-state index in [0.717, 1.165) is 42.9 Å². The molecular formula is C29H35N9O. The predicted octanol–water partition coefficient (Wildman–Crippen LogP) is 4.92. The summed E-state index contributed by atoms with van der Waals surface area (Å²) in [6.07, 6.45) is 7.00. The Morgan fingerprint density at radius 3 is 2.59 bits per heavy atom. The summed E-state index contributed by atoms with van der Waals surface area (Å²) in [6.45, 7) is 10.3. The minimum absolute atomic E-state index is 0.117. The molecule has 5 rings (SSSR count). The van der Waals surface area contributed by atoms with Crippen LogP contribution in [-0.4, -0.2) is 61.9 Å². The lowest BCUT2D eigenvalue weighted by Gasteiger charge is -2.29. The third-order valence-corrected chi connectivity index (χ3v) is 6.97. The predicted molar refractivity (Wildman–Crippen MR) is 155 cm³/mol. The van der Waals surface area contributed by atoms with Crippen LogP contribution < -0.4 is 16.0 Å². The number of amides is 1. The zero-order chi connectivity index (χ0) is 27.6. The SMILES string of the molecule is Cc1ccc(C(=O)Nc2ccnc(C(C)(C)C)c2)cc1Nc1ncnc2cnc(NC3CCN(C)CC3)nc12. The standard InChI is InChI=1S/C29H35N9O/c1-18-6-7-19(27(39)34-21-8-11-30-24(15-21)29(2,3)4)14-22(18)36-26-25-23(32-17-33-26)16-31-28(37-25)35-20-9-12-38(5)13-10-20/h6-8,11,14-17,20H,9-10,12-13H2,1-5H3,(H,30,34,39)(H,31,35,37)(H,32,33,36). The van der Waals surface area contributed by atoms with Crippen LogP contribution in [-0.2, 0) is 5.41 Å². The van der Waals surface area contributed by atoms with Gasteiger partial charge in [-0.25, -0.2) is 19.9 Å². The van der Waals surface area contributed by atoms with Gasteiger partial charge in [-0.2, -0.15) is 0 Å². The molecule has 1 aromatic carbocycles. The lowest BCUT2D eigenvalue weighted by molar-refractivity contribution is 0.102. The number of aromatic nitrogens is 5. The molecular weight excluding hydrogens is 490 g/mol. The first-order valence-corrected chi connectivity index (χ1v) is 13.2. The van der Waals surface area contributed by atoms with Crippen LogP contribution in [0.3, 0.4) is 0 Å². The zero-order valence-electron chi connectivity index (χ0n) is 23.1. The summed E-state index contributed by atoms with van der Waals surface area (Å²) in [5.41, 5.74) is 5.01. The van der Waals surface area contributed by atoms with Gasteiger partial charge in [-0.3, -0.25) is 9.78 Å². The van der Waals surface area contributed by atoms with E-state index >= 15 is 0 Å². The lowest BCUT2D eigenvalue weighted by Crippen LogP contribution is -2.37. The second kappa shape index (κ2) is 10.9. The summed E-state index contributed by atoms with van der Waals surface area (Å²) in [5.74, 6) is 0.911. The molecule has 4 heterocycles. The van der Waals surface area contributed by atoms with Crippen molar-refractivity contribution in [2.24, 2.45) is 0 Å². The zero-order valence-corrected chi connectivity index (χ0v) is 23.1. The average molecular weight is 526 g/mol. The van der Waals surface area contributed by atoms with E-state index in [0.29, 0.717) is 40.1 Å². The number of anilines is 4. The fourth-order valence-electron chi connectivity index (χ4n) is 4.50. The second-order valence-corrected chi connectivity index (χ2v) is 11.2. The van der Waals surface area contributed by atoms with E-state index in [1.54, 1.807) is 18.5 Å². The van der Waals surface area contributed by atoms with Crippen LogP contribution in [0, 0.1) is 6.92 Å². The molecule has 1 fully saturated rings. The van der Waals surface area contributed by atoms with E-state index in [2.05, 4.69) is 68.6 Å². The minimum atomic E-state index is -0.205. The maximum absolute atomic E-state index is 13.1. The van der Waals surface area contributed by atoms with Crippen molar-refractivity contribution in [1.29, 1.82) is 0 Å². The first kappa shape index (κ1) is 26.4. The van der Waals surface area contributed by atoms with Gasteiger partial charge in [0.1, 0.15) is 17.4 Å². The molecule has 1 saturated heterocycles. The van der Waals surface area contributed by atoms with Crippen LogP contribution in [0.25, 0.3) is 11.0 Å². The number of carbonyl (C=O) groups is 1. The number of piperidine rings is 1. The van der Waals surface area contributed by atoms with E-state index < -0.39 is 0 Å². The number of likely N-dealkylation sites (tertiary alicyclic amines) is 1. The number of nitrogens with one attached hydrogen (secondary N) is 3. The molecule has 0 radical (unpaired) electrons. The van der Waals surface area contributed by atoms with Gasteiger partial charge in [0, 0.05) is 40.3 Å². The first-order valence-electron chi connectivity index (χ1n) is 13.2. The van der Waals surface area contributed by atoms with E-state index in [4.69, 9.17) is 4.98 Å². The lowest BCUT2D eigenvalue weighted by atomic mass is 9.91. The Balaban J connectivity index is 1.36. The smallest absolute Gasteiger partial charge is 0.255 e. The van der Waals surface area contributed by atoms with Crippen molar-refractivity contribution in [3.05, 3.63) is 65.9 Å². The largest absolute Gasteiger partial charge is 0.351 e. The average Bonchev–Trinajstić information content (AvgIpc) is 2.91. The summed E-state index contributed by atoms with van der Waals surface area (Å²) in [7, 11) is 2.14. The van der Waals surface area contributed by atoms with Crippen LogP contribution >= 0.6 is 0 Å². The first-order chi connectivity index (χ1) is 18.7. The molecule has 0 saturated carbocycles. The highest BCUT2D eigenvalue weighted by molar-refractivity contribution is 6.05. The Kier molecular flexibility index (Phi) is 7.38. The number of hydrogen-bond donors (Lipinski definition) is 3. The number of nitrogens with zero attached hydrogens (tertiary/aromatic N) is 6. The molecule has 0 spiro atoms. The van der Waals surface area contributed by atoms with Crippen molar-refractivity contribution < 1.29 is 4.79 Å². The summed E-state index contributed by atoms with van der Waals surface area (Å²) < 4.78 is 0. The third kappa shape index (κ3) is 6.28. The molecule has 1 aliphatic heterocycles. The number of benzene rings is 1. The molecule has 1 amide bonds. The molecule has 4 aromatic rings. The Hall–Kier alpha value is -4.18. The Bertz CT molecular complexity index is 1490. The van der Waals surface area contributed by atoms with E-state index in [1.807, 2.05) is 31.2 Å². The van der Waals surface area contributed by atoms with Crippen LogP contribution in [0.15, 0.2) is 49.1 Å². The van der Waals surface area contributed by atoms with Crippen molar-refractivity contribution in [2.75, 3.05) is 36.1 Å².